The van der Waals surface area contributed by atoms with Crippen molar-refractivity contribution in [1.82, 2.24) is 0 Å². The van der Waals surface area contributed by atoms with Gasteiger partial charge in [-0.3, -0.25) is 4.57 Å². The highest BCUT2D eigenvalue weighted by molar-refractivity contribution is 7.52. The molecular formula is C5H13O4P. The largest absolute Gasteiger partial charge is 0.396 e. The lowest BCUT2D eigenvalue weighted by atomic mass is 10.3. The van der Waals surface area contributed by atoms with Gasteiger partial charge in [-0.1, -0.05) is 6.92 Å². The first-order valence-electron chi connectivity index (χ1n) is 3.14. The third kappa shape index (κ3) is 4.01. The average molecular weight is 168 g/mol. The lowest BCUT2D eigenvalue weighted by molar-refractivity contribution is 0.280. The summed E-state index contributed by atoms with van der Waals surface area (Å²) in [5, 5.41) is 8.33. The summed E-state index contributed by atoms with van der Waals surface area (Å²) in [6.07, 6.45) is 0.826. The second kappa shape index (κ2) is 4.09. The third-order valence-electron chi connectivity index (χ3n) is 1.35. The van der Waals surface area contributed by atoms with E-state index < -0.39 is 13.3 Å². The van der Waals surface area contributed by atoms with Gasteiger partial charge in [0.05, 0.1) is 5.66 Å². The van der Waals surface area contributed by atoms with Crippen LogP contribution in [0.25, 0.3) is 0 Å². The molecule has 0 spiro atoms. The maximum atomic E-state index is 10.4. The van der Waals surface area contributed by atoms with Gasteiger partial charge in [0.1, 0.15) is 0 Å². The quantitative estimate of drug-likeness (QED) is 0.528. The van der Waals surface area contributed by atoms with E-state index in [1.807, 2.05) is 0 Å². The van der Waals surface area contributed by atoms with Crippen LogP contribution >= 0.6 is 7.60 Å². The predicted octanol–water partition coefficient (Wildman–Crippen LogP) is 0.325. The standard InChI is InChI=1S/C5H13O4P/c1-5(3-2-4-6)10(7,8)9/h5-6H,2-4H2,1H3,(H2,7,8,9)/t5-/m1/s1. The second-order valence-electron chi connectivity index (χ2n) is 2.30. The maximum absolute atomic E-state index is 10.4. The van der Waals surface area contributed by atoms with Crippen molar-refractivity contribution in [2.45, 2.75) is 25.4 Å². The number of aliphatic hydroxyl groups excluding tert-OH is 1. The Labute approximate surface area is 60.0 Å². The van der Waals surface area contributed by atoms with Crippen LogP contribution in [0.15, 0.2) is 0 Å². The van der Waals surface area contributed by atoms with Crippen LogP contribution < -0.4 is 0 Å². The van der Waals surface area contributed by atoms with Crippen molar-refractivity contribution < 1.29 is 19.5 Å². The minimum atomic E-state index is -3.90. The molecule has 0 fully saturated rings. The molecule has 0 aliphatic carbocycles. The molecular weight excluding hydrogens is 155 g/mol. The van der Waals surface area contributed by atoms with Gasteiger partial charge in [0.25, 0.3) is 0 Å². The number of hydrogen-bond donors (Lipinski definition) is 3. The Kier molecular flexibility index (Phi) is 4.13. The Balaban J connectivity index is 3.63. The van der Waals surface area contributed by atoms with E-state index in [0.29, 0.717) is 12.8 Å². The lowest BCUT2D eigenvalue weighted by Gasteiger charge is -2.11. The summed E-state index contributed by atoms with van der Waals surface area (Å²) in [4.78, 5) is 17.1. The Hall–Kier alpha value is 0.110. The van der Waals surface area contributed by atoms with Gasteiger partial charge >= 0.3 is 7.60 Å². The van der Waals surface area contributed by atoms with Crippen molar-refractivity contribution in [3.8, 4) is 0 Å². The summed E-state index contributed by atoms with van der Waals surface area (Å²) < 4.78 is 10.4. The van der Waals surface area contributed by atoms with E-state index in [1.165, 1.54) is 6.92 Å². The number of rotatable bonds is 4. The molecule has 0 unspecified atom stereocenters. The Morgan fingerprint density at radius 2 is 2.00 bits per heavy atom. The van der Waals surface area contributed by atoms with Crippen molar-refractivity contribution in [2.75, 3.05) is 6.61 Å². The molecule has 5 heteroatoms. The molecule has 0 aromatic rings. The van der Waals surface area contributed by atoms with Gasteiger partial charge in [0, 0.05) is 6.61 Å². The summed E-state index contributed by atoms with van der Waals surface area (Å²) in [5.41, 5.74) is -0.625. The van der Waals surface area contributed by atoms with Crippen LogP contribution in [0.5, 0.6) is 0 Å². The lowest BCUT2D eigenvalue weighted by Crippen LogP contribution is -2.03. The summed E-state index contributed by atoms with van der Waals surface area (Å²) >= 11 is 0. The average Bonchev–Trinajstić information content (AvgIpc) is 1.80. The van der Waals surface area contributed by atoms with Crippen molar-refractivity contribution in [1.29, 1.82) is 0 Å². The third-order valence-corrected chi connectivity index (χ3v) is 2.76. The van der Waals surface area contributed by atoms with E-state index in [9.17, 15) is 4.57 Å². The molecule has 0 amide bonds. The molecule has 0 aliphatic heterocycles. The van der Waals surface area contributed by atoms with Crippen LogP contribution in [0.1, 0.15) is 19.8 Å². The highest BCUT2D eigenvalue weighted by Gasteiger charge is 2.22. The topological polar surface area (TPSA) is 77.8 Å². The summed E-state index contributed by atoms with van der Waals surface area (Å²) in [7, 11) is -3.90. The monoisotopic (exact) mass is 168 g/mol. The molecule has 4 nitrogen and oxygen atoms in total. The molecule has 62 valence electrons. The van der Waals surface area contributed by atoms with E-state index in [4.69, 9.17) is 14.9 Å². The van der Waals surface area contributed by atoms with E-state index in [-0.39, 0.29) is 6.61 Å². The minimum absolute atomic E-state index is 0.00958. The Bertz CT molecular complexity index is 130. The van der Waals surface area contributed by atoms with Crippen molar-refractivity contribution in [3.05, 3.63) is 0 Å². The van der Waals surface area contributed by atoms with Gasteiger partial charge in [0.15, 0.2) is 0 Å². The highest BCUT2D eigenvalue weighted by atomic mass is 31.2. The molecule has 0 saturated carbocycles. The fourth-order valence-electron chi connectivity index (χ4n) is 0.555. The molecule has 0 aromatic carbocycles. The molecule has 0 radical (unpaired) electrons. The van der Waals surface area contributed by atoms with Crippen LogP contribution in [0.4, 0.5) is 0 Å². The van der Waals surface area contributed by atoms with Crippen molar-refractivity contribution in [2.24, 2.45) is 0 Å². The Morgan fingerprint density at radius 1 is 1.50 bits per heavy atom. The van der Waals surface area contributed by atoms with Gasteiger partial charge in [0.2, 0.25) is 0 Å². The highest BCUT2D eigenvalue weighted by Crippen LogP contribution is 2.42. The zero-order chi connectivity index (χ0) is 8.20. The second-order valence-corrected chi connectivity index (χ2v) is 4.36. The zero-order valence-electron chi connectivity index (χ0n) is 5.90. The summed E-state index contributed by atoms with van der Waals surface area (Å²) in [6.45, 7) is 1.47. The fraction of sp³-hybridized carbons (Fsp3) is 1.00. The molecule has 0 saturated heterocycles. The van der Waals surface area contributed by atoms with Gasteiger partial charge in [-0.25, -0.2) is 0 Å². The van der Waals surface area contributed by atoms with Gasteiger partial charge in [-0.05, 0) is 12.8 Å². The Morgan fingerprint density at radius 3 is 2.30 bits per heavy atom. The van der Waals surface area contributed by atoms with Crippen LogP contribution in [0, 0.1) is 0 Å². The SMILES string of the molecule is C[C@H](CCCO)P(=O)(O)O. The predicted molar refractivity (Wildman–Crippen MR) is 37.8 cm³/mol. The van der Waals surface area contributed by atoms with Crippen LogP contribution in [-0.2, 0) is 4.57 Å². The molecule has 0 aromatic heterocycles. The smallest absolute Gasteiger partial charge is 0.328 e. The maximum Gasteiger partial charge on any atom is 0.328 e. The molecule has 0 aliphatic rings. The van der Waals surface area contributed by atoms with Crippen LogP contribution in [0.2, 0.25) is 0 Å². The zero-order valence-corrected chi connectivity index (χ0v) is 6.79. The normalized spacial score (nSPS) is 15.2. The summed E-state index contributed by atoms with van der Waals surface area (Å²) in [5.74, 6) is 0. The molecule has 0 bridgehead atoms. The van der Waals surface area contributed by atoms with Crippen molar-refractivity contribution >= 4 is 7.60 Å². The van der Waals surface area contributed by atoms with Crippen LogP contribution in [0.3, 0.4) is 0 Å². The first-order valence-corrected chi connectivity index (χ1v) is 4.82. The van der Waals surface area contributed by atoms with Crippen LogP contribution in [-0.4, -0.2) is 27.2 Å². The van der Waals surface area contributed by atoms with Crippen molar-refractivity contribution in [3.63, 3.8) is 0 Å². The fourth-order valence-corrected chi connectivity index (χ4v) is 1.07. The number of aliphatic hydroxyl groups is 1. The number of hydrogen-bond acceptors (Lipinski definition) is 2. The molecule has 0 rings (SSSR count). The van der Waals surface area contributed by atoms with Gasteiger partial charge in [-0.15, -0.1) is 0 Å². The van der Waals surface area contributed by atoms with E-state index in [0.717, 1.165) is 0 Å². The molecule has 3 N–H and O–H groups in total. The van der Waals surface area contributed by atoms with E-state index >= 15 is 0 Å². The molecule has 1 atom stereocenters. The summed E-state index contributed by atoms with van der Waals surface area (Å²) in [6, 6.07) is 0. The molecule has 0 heterocycles. The first kappa shape index (κ1) is 10.1. The molecule has 10 heavy (non-hydrogen) atoms. The van der Waals surface area contributed by atoms with E-state index in [1.54, 1.807) is 0 Å². The minimum Gasteiger partial charge on any atom is -0.396 e. The van der Waals surface area contributed by atoms with E-state index in [2.05, 4.69) is 0 Å². The van der Waals surface area contributed by atoms with Gasteiger partial charge in [-0.2, -0.15) is 0 Å². The first-order chi connectivity index (χ1) is 4.48. The van der Waals surface area contributed by atoms with Gasteiger partial charge < -0.3 is 14.9 Å².